The molecule has 0 aromatic rings. The first-order valence-electron chi connectivity index (χ1n) is 10.9. The number of aliphatic hydroxyl groups excluding tert-OH is 1. The number of carbonyl (C=O) groups is 1. The molecule has 0 aromatic heterocycles. The van der Waals surface area contributed by atoms with Gasteiger partial charge in [-0.25, -0.2) is 4.79 Å². The third-order valence-electron chi connectivity index (χ3n) is 6.13. The highest BCUT2D eigenvalue weighted by Crippen LogP contribution is 2.27. The van der Waals surface area contributed by atoms with E-state index in [9.17, 15) is 9.90 Å². The molecule has 2 rings (SSSR count). The summed E-state index contributed by atoms with van der Waals surface area (Å²) in [6, 6.07) is -0.216. The van der Waals surface area contributed by atoms with E-state index in [1.54, 1.807) is 7.11 Å². The molecule has 0 saturated heterocycles. The van der Waals surface area contributed by atoms with Gasteiger partial charge in [-0.3, -0.25) is 0 Å². The van der Waals surface area contributed by atoms with Crippen molar-refractivity contribution in [1.29, 1.82) is 0 Å². The van der Waals surface area contributed by atoms with Crippen LogP contribution in [0.15, 0.2) is 0 Å². The molecular formula is C21H40N2O4. The van der Waals surface area contributed by atoms with Crippen molar-refractivity contribution in [3.63, 3.8) is 0 Å². The summed E-state index contributed by atoms with van der Waals surface area (Å²) in [7, 11) is 1.74. The van der Waals surface area contributed by atoms with Crippen molar-refractivity contribution in [2.45, 2.75) is 95.9 Å². The molecule has 0 aliphatic heterocycles. The number of hydrogen-bond acceptors (Lipinski definition) is 4. The Balaban J connectivity index is 1.79. The van der Waals surface area contributed by atoms with Crippen molar-refractivity contribution < 1.29 is 19.4 Å². The Labute approximate surface area is 164 Å². The number of rotatable bonds is 9. The Kier molecular flexibility index (Phi) is 9.87. The molecule has 158 valence electrons. The van der Waals surface area contributed by atoms with Crippen molar-refractivity contribution in [2.75, 3.05) is 20.3 Å². The normalized spacial score (nSPS) is 28.1. The predicted molar refractivity (Wildman–Crippen MR) is 107 cm³/mol. The SMILES string of the molecule is COC1CCC(NC(=O)N[C@@H](CO)C2CCCCC2)CC1OCCC(C)C. The van der Waals surface area contributed by atoms with Crippen LogP contribution >= 0.6 is 0 Å². The lowest BCUT2D eigenvalue weighted by Gasteiger charge is -2.36. The van der Waals surface area contributed by atoms with Crippen LogP contribution in [0.2, 0.25) is 0 Å². The average Bonchev–Trinajstić information content (AvgIpc) is 2.66. The summed E-state index contributed by atoms with van der Waals surface area (Å²) >= 11 is 0. The molecule has 3 unspecified atom stereocenters. The lowest BCUT2D eigenvalue weighted by molar-refractivity contribution is -0.0836. The van der Waals surface area contributed by atoms with Gasteiger partial charge in [-0.2, -0.15) is 0 Å². The molecule has 2 aliphatic rings. The summed E-state index contributed by atoms with van der Waals surface area (Å²) < 4.78 is 11.7. The van der Waals surface area contributed by atoms with Gasteiger partial charge in [0.1, 0.15) is 0 Å². The minimum Gasteiger partial charge on any atom is -0.394 e. The van der Waals surface area contributed by atoms with E-state index in [0.717, 1.165) is 45.1 Å². The quantitative estimate of drug-likeness (QED) is 0.570. The van der Waals surface area contributed by atoms with E-state index in [2.05, 4.69) is 24.5 Å². The number of amides is 2. The van der Waals surface area contributed by atoms with Gasteiger partial charge in [0, 0.05) is 19.8 Å². The monoisotopic (exact) mass is 384 g/mol. The van der Waals surface area contributed by atoms with Crippen LogP contribution in [0.1, 0.15) is 71.6 Å². The lowest BCUT2D eigenvalue weighted by Crippen LogP contribution is -2.53. The Morgan fingerprint density at radius 2 is 1.85 bits per heavy atom. The lowest BCUT2D eigenvalue weighted by atomic mass is 9.84. The molecule has 27 heavy (non-hydrogen) atoms. The molecule has 3 N–H and O–H groups in total. The molecule has 0 heterocycles. The Morgan fingerprint density at radius 3 is 2.48 bits per heavy atom. The standard InChI is InChI=1S/C21H40N2O4/c1-15(2)11-12-27-20-13-17(9-10-19(20)26-3)22-21(25)23-18(14-24)16-7-5-4-6-8-16/h15-20,24H,4-14H2,1-3H3,(H2,22,23,25)/t17?,18-,19?,20?/m0/s1. The van der Waals surface area contributed by atoms with Gasteiger partial charge >= 0.3 is 6.03 Å². The number of carbonyl (C=O) groups excluding carboxylic acids is 1. The van der Waals surface area contributed by atoms with Crippen molar-refractivity contribution >= 4 is 6.03 Å². The van der Waals surface area contributed by atoms with Crippen LogP contribution in [0.5, 0.6) is 0 Å². The van der Waals surface area contributed by atoms with E-state index >= 15 is 0 Å². The minimum absolute atomic E-state index is 0.00937. The molecule has 6 heteroatoms. The zero-order valence-electron chi connectivity index (χ0n) is 17.4. The van der Waals surface area contributed by atoms with E-state index in [1.807, 2.05) is 0 Å². The van der Waals surface area contributed by atoms with Crippen LogP contribution in [-0.2, 0) is 9.47 Å². The first-order valence-corrected chi connectivity index (χ1v) is 10.9. The van der Waals surface area contributed by atoms with Gasteiger partial charge in [-0.05, 0) is 50.4 Å². The van der Waals surface area contributed by atoms with E-state index in [-0.39, 0.29) is 36.9 Å². The number of aliphatic hydroxyl groups is 1. The van der Waals surface area contributed by atoms with Crippen LogP contribution in [0.25, 0.3) is 0 Å². The van der Waals surface area contributed by atoms with Crippen LogP contribution < -0.4 is 10.6 Å². The summed E-state index contributed by atoms with van der Waals surface area (Å²) in [5.74, 6) is 1.01. The number of hydrogen-bond donors (Lipinski definition) is 3. The van der Waals surface area contributed by atoms with E-state index in [1.165, 1.54) is 19.3 Å². The molecule has 2 saturated carbocycles. The molecule has 4 atom stereocenters. The summed E-state index contributed by atoms with van der Waals surface area (Å²) in [6.45, 7) is 5.12. The average molecular weight is 385 g/mol. The molecule has 0 aromatic carbocycles. The highest BCUT2D eigenvalue weighted by atomic mass is 16.5. The largest absolute Gasteiger partial charge is 0.394 e. The molecule has 2 fully saturated rings. The van der Waals surface area contributed by atoms with E-state index in [4.69, 9.17) is 9.47 Å². The van der Waals surface area contributed by atoms with Crippen LogP contribution in [0.3, 0.4) is 0 Å². The first-order chi connectivity index (χ1) is 13.0. The minimum atomic E-state index is -0.165. The number of urea groups is 1. The second kappa shape index (κ2) is 11.9. The van der Waals surface area contributed by atoms with Crippen molar-refractivity contribution in [2.24, 2.45) is 11.8 Å². The van der Waals surface area contributed by atoms with Gasteiger partial charge in [-0.1, -0.05) is 33.1 Å². The fourth-order valence-electron chi connectivity index (χ4n) is 4.38. The smallest absolute Gasteiger partial charge is 0.315 e. The summed E-state index contributed by atoms with van der Waals surface area (Å²) in [4.78, 5) is 12.5. The molecule has 2 aliphatic carbocycles. The summed E-state index contributed by atoms with van der Waals surface area (Å²) in [5, 5.41) is 15.8. The molecular weight excluding hydrogens is 344 g/mol. The van der Waals surface area contributed by atoms with Gasteiger partial charge in [0.25, 0.3) is 0 Å². The van der Waals surface area contributed by atoms with Crippen molar-refractivity contribution in [3.8, 4) is 0 Å². The summed E-state index contributed by atoms with van der Waals surface area (Å²) in [5.41, 5.74) is 0. The van der Waals surface area contributed by atoms with Gasteiger partial charge in [0.2, 0.25) is 0 Å². The molecule has 0 spiro atoms. The van der Waals surface area contributed by atoms with Gasteiger partial charge < -0.3 is 25.2 Å². The second-order valence-electron chi connectivity index (χ2n) is 8.68. The maximum atomic E-state index is 12.5. The highest BCUT2D eigenvalue weighted by molar-refractivity contribution is 5.74. The van der Waals surface area contributed by atoms with E-state index in [0.29, 0.717) is 11.8 Å². The van der Waals surface area contributed by atoms with Crippen molar-refractivity contribution in [3.05, 3.63) is 0 Å². The van der Waals surface area contributed by atoms with Crippen LogP contribution in [0, 0.1) is 11.8 Å². The summed E-state index contributed by atoms with van der Waals surface area (Å²) in [6.07, 6.45) is 9.56. The maximum Gasteiger partial charge on any atom is 0.315 e. The van der Waals surface area contributed by atoms with E-state index < -0.39 is 0 Å². The molecule has 6 nitrogen and oxygen atoms in total. The fraction of sp³-hybridized carbons (Fsp3) is 0.952. The third-order valence-corrected chi connectivity index (χ3v) is 6.13. The van der Waals surface area contributed by atoms with Crippen LogP contribution in [-0.4, -0.2) is 55.8 Å². The maximum absolute atomic E-state index is 12.5. The Bertz CT molecular complexity index is 426. The first kappa shape index (κ1) is 22.4. The molecule has 0 bridgehead atoms. The Hall–Kier alpha value is -0.850. The van der Waals surface area contributed by atoms with Crippen LogP contribution in [0.4, 0.5) is 4.79 Å². The second-order valence-corrected chi connectivity index (χ2v) is 8.68. The number of ether oxygens (including phenoxy) is 2. The zero-order valence-corrected chi connectivity index (χ0v) is 17.4. The number of methoxy groups -OCH3 is 1. The highest BCUT2D eigenvalue weighted by Gasteiger charge is 2.33. The topological polar surface area (TPSA) is 79.8 Å². The van der Waals surface area contributed by atoms with Gasteiger partial charge in [0.05, 0.1) is 24.9 Å². The Morgan fingerprint density at radius 1 is 1.11 bits per heavy atom. The zero-order chi connectivity index (χ0) is 19.6. The number of nitrogens with one attached hydrogen (secondary N) is 2. The molecule has 2 amide bonds. The molecule has 0 radical (unpaired) electrons. The van der Waals surface area contributed by atoms with Gasteiger partial charge in [0.15, 0.2) is 0 Å². The van der Waals surface area contributed by atoms with Gasteiger partial charge in [-0.15, -0.1) is 0 Å². The fourth-order valence-corrected chi connectivity index (χ4v) is 4.38. The van der Waals surface area contributed by atoms with Crippen molar-refractivity contribution in [1.82, 2.24) is 10.6 Å². The third kappa shape index (κ3) is 7.59. The predicted octanol–water partition coefficient (Wildman–Crippen LogP) is 3.23.